The van der Waals surface area contributed by atoms with Crippen molar-refractivity contribution in [2.45, 2.75) is 56.5 Å². The Kier molecular flexibility index (Phi) is 4.10. The van der Waals surface area contributed by atoms with Gasteiger partial charge in [-0.15, -0.1) is 0 Å². The maximum Gasteiger partial charge on any atom is 0.119 e. The molecule has 0 unspecified atom stereocenters. The lowest BCUT2D eigenvalue weighted by Crippen LogP contribution is -2.50. The van der Waals surface area contributed by atoms with Gasteiger partial charge >= 0.3 is 0 Å². The van der Waals surface area contributed by atoms with Crippen LogP contribution in [0.15, 0.2) is 30.3 Å². The molecule has 4 heteroatoms. The van der Waals surface area contributed by atoms with E-state index in [2.05, 4.69) is 13.8 Å². The van der Waals surface area contributed by atoms with Gasteiger partial charge in [0.15, 0.2) is 0 Å². The highest BCUT2D eigenvalue weighted by Crippen LogP contribution is 2.60. The average molecular weight is 332 g/mol. The molecule has 2 heterocycles. The minimum absolute atomic E-state index is 0.0118. The van der Waals surface area contributed by atoms with E-state index in [0.717, 1.165) is 31.6 Å². The fraction of sp³-hybridized carbons (Fsp3) is 0.700. The van der Waals surface area contributed by atoms with Gasteiger partial charge in [0.2, 0.25) is 0 Å². The van der Waals surface area contributed by atoms with Gasteiger partial charge in [0, 0.05) is 19.4 Å². The Morgan fingerprint density at radius 1 is 1.25 bits per heavy atom. The van der Waals surface area contributed by atoms with E-state index in [1.807, 2.05) is 37.4 Å². The van der Waals surface area contributed by atoms with Crippen molar-refractivity contribution in [1.82, 2.24) is 0 Å². The number of ether oxygens (including phenoxy) is 4. The molecule has 0 bridgehead atoms. The van der Waals surface area contributed by atoms with Crippen LogP contribution >= 0.6 is 0 Å². The Labute approximate surface area is 144 Å². The van der Waals surface area contributed by atoms with Crippen molar-refractivity contribution in [1.29, 1.82) is 0 Å². The van der Waals surface area contributed by atoms with Crippen molar-refractivity contribution >= 4 is 0 Å². The third kappa shape index (κ3) is 2.85. The van der Waals surface area contributed by atoms with Crippen LogP contribution in [0.1, 0.15) is 33.1 Å². The molecule has 2 saturated heterocycles. The van der Waals surface area contributed by atoms with E-state index in [1.165, 1.54) is 0 Å². The van der Waals surface area contributed by atoms with Crippen LogP contribution in [0, 0.1) is 11.8 Å². The molecule has 1 aliphatic carbocycles. The smallest absolute Gasteiger partial charge is 0.119 e. The zero-order valence-electron chi connectivity index (χ0n) is 14.9. The summed E-state index contributed by atoms with van der Waals surface area (Å²) in [6, 6.07) is 9.96. The summed E-state index contributed by atoms with van der Waals surface area (Å²) in [4.78, 5) is 0. The Morgan fingerprint density at radius 2 is 2.00 bits per heavy atom. The third-order valence-corrected chi connectivity index (χ3v) is 6.07. The van der Waals surface area contributed by atoms with Crippen molar-refractivity contribution < 1.29 is 18.9 Å². The Balaban J connectivity index is 1.37. The van der Waals surface area contributed by atoms with E-state index in [1.54, 1.807) is 0 Å². The largest absolute Gasteiger partial charge is 0.493 e. The van der Waals surface area contributed by atoms with Crippen molar-refractivity contribution in [3.63, 3.8) is 0 Å². The molecule has 3 aliphatic rings. The molecule has 1 aromatic rings. The van der Waals surface area contributed by atoms with E-state index in [4.69, 9.17) is 18.9 Å². The molecule has 6 atom stereocenters. The summed E-state index contributed by atoms with van der Waals surface area (Å²) in [5.74, 6) is 1.90. The van der Waals surface area contributed by atoms with Crippen LogP contribution in [-0.4, -0.2) is 43.7 Å². The third-order valence-electron chi connectivity index (χ3n) is 6.07. The number of epoxide rings is 2. The van der Waals surface area contributed by atoms with Crippen molar-refractivity contribution in [3.8, 4) is 5.75 Å². The standard InChI is InChI=1S/C20H28O4/c1-14-11-16(21-3)18(20(12-14)13-23-20)19(2)17(24-19)9-10-22-15-7-5-4-6-8-15/h4-8,14,16-18H,9-13H2,1-3H3/t14-,16-,17-,18-,19+,20+/m1/s1. The first-order valence-electron chi connectivity index (χ1n) is 9.10. The summed E-state index contributed by atoms with van der Waals surface area (Å²) in [5, 5.41) is 0. The van der Waals surface area contributed by atoms with Gasteiger partial charge in [-0.1, -0.05) is 25.1 Å². The van der Waals surface area contributed by atoms with Crippen LogP contribution in [0.25, 0.3) is 0 Å². The van der Waals surface area contributed by atoms with Gasteiger partial charge in [-0.25, -0.2) is 0 Å². The maximum absolute atomic E-state index is 6.18. The SMILES string of the molecule is CO[C@@H]1C[C@@H](C)C[C@]2(CO2)[C@H]1[C@@]1(C)O[C@@H]1CCOc1ccccc1. The first-order chi connectivity index (χ1) is 11.6. The van der Waals surface area contributed by atoms with Crippen LogP contribution in [0.4, 0.5) is 0 Å². The zero-order valence-corrected chi connectivity index (χ0v) is 14.9. The molecular weight excluding hydrogens is 304 g/mol. The van der Waals surface area contributed by atoms with Gasteiger partial charge in [-0.2, -0.15) is 0 Å². The molecule has 0 aromatic heterocycles. The minimum atomic E-state index is -0.142. The Hall–Kier alpha value is -1.10. The summed E-state index contributed by atoms with van der Waals surface area (Å²) >= 11 is 0. The highest BCUT2D eigenvalue weighted by molar-refractivity contribution is 5.21. The van der Waals surface area contributed by atoms with Crippen LogP contribution < -0.4 is 4.74 Å². The number of hydrogen-bond acceptors (Lipinski definition) is 4. The predicted molar refractivity (Wildman–Crippen MR) is 91.2 cm³/mol. The van der Waals surface area contributed by atoms with E-state index in [0.29, 0.717) is 18.4 Å². The normalized spacial score (nSPS) is 43.6. The van der Waals surface area contributed by atoms with Crippen molar-refractivity contribution in [2.24, 2.45) is 11.8 Å². The summed E-state index contributed by atoms with van der Waals surface area (Å²) < 4.78 is 23.8. The van der Waals surface area contributed by atoms with E-state index in [-0.39, 0.29) is 23.4 Å². The average Bonchev–Trinajstić information content (AvgIpc) is 3.47. The maximum atomic E-state index is 6.18. The Bertz CT molecular complexity index is 570. The lowest BCUT2D eigenvalue weighted by molar-refractivity contribution is -0.0639. The quantitative estimate of drug-likeness (QED) is 0.749. The molecule has 0 N–H and O–H groups in total. The second-order valence-electron chi connectivity index (χ2n) is 7.89. The van der Waals surface area contributed by atoms with Gasteiger partial charge in [0.05, 0.1) is 31.0 Å². The second-order valence-corrected chi connectivity index (χ2v) is 7.89. The van der Waals surface area contributed by atoms with E-state index < -0.39 is 0 Å². The fourth-order valence-electron chi connectivity index (χ4n) is 4.88. The molecule has 24 heavy (non-hydrogen) atoms. The van der Waals surface area contributed by atoms with Gasteiger partial charge < -0.3 is 18.9 Å². The number of rotatable bonds is 6. The molecule has 2 aliphatic heterocycles. The molecule has 0 radical (unpaired) electrons. The van der Waals surface area contributed by atoms with Crippen LogP contribution in [-0.2, 0) is 14.2 Å². The molecule has 1 aromatic carbocycles. The topological polar surface area (TPSA) is 43.5 Å². The van der Waals surface area contributed by atoms with Crippen LogP contribution in [0.3, 0.4) is 0 Å². The lowest BCUT2D eigenvalue weighted by Gasteiger charge is -2.41. The molecule has 3 fully saturated rings. The molecule has 4 nitrogen and oxygen atoms in total. The van der Waals surface area contributed by atoms with Crippen molar-refractivity contribution in [2.75, 3.05) is 20.3 Å². The number of para-hydroxylation sites is 1. The molecule has 1 spiro atoms. The van der Waals surface area contributed by atoms with Gasteiger partial charge in [0.25, 0.3) is 0 Å². The number of benzene rings is 1. The summed E-state index contributed by atoms with van der Waals surface area (Å²) in [7, 11) is 1.82. The first kappa shape index (κ1) is 16.4. The molecule has 4 rings (SSSR count). The second kappa shape index (κ2) is 6.01. The van der Waals surface area contributed by atoms with Gasteiger partial charge in [-0.3, -0.25) is 0 Å². The molecule has 1 saturated carbocycles. The lowest BCUT2D eigenvalue weighted by atomic mass is 9.66. The number of hydrogen-bond donors (Lipinski definition) is 0. The van der Waals surface area contributed by atoms with Gasteiger partial charge in [-0.05, 0) is 37.8 Å². The monoisotopic (exact) mass is 332 g/mol. The highest BCUT2D eigenvalue weighted by Gasteiger charge is 2.71. The van der Waals surface area contributed by atoms with E-state index in [9.17, 15) is 0 Å². The summed E-state index contributed by atoms with van der Waals surface area (Å²) in [6.07, 6.45) is 3.59. The predicted octanol–water partition coefficient (Wildman–Crippen LogP) is 3.44. The minimum Gasteiger partial charge on any atom is -0.493 e. The summed E-state index contributed by atoms with van der Waals surface area (Å²) in [6.45, 7) is 6.07. The first-order valence-corrected chi connectivity index (χ1v) is 9.10. The van der Waals surface area contributed by atoms with Crippen LogP contribution in [0.5, 0.6) is 5.75 Å². The number of methoxy groups -OCH3 is 1. The zero-order chi connectivity index (χ0) is 16.8. The van der Waals surface area contributed by atoms with E-state index >= 15 is 0 Å². The fourth-order valence-corrected chi connectivity index (χ4v) is 4.88. The van der Waals surface area contributed by atoms with Crippen molar-refractivity contribution in [3.05, 3.63) is 30.3 Å². The Morgan fingerprint density at radius 3 is 2.67 bits per heavy atom. The molecular formula is C20H28O4. The molecule has 0 amide bonds. The molecule has 132 valence electrons. The summed E-state index contributed by atoms with van der Waals surface area (Å²) in [5.41, 5.74) is -0.153. The van der Waals surface area contributed by atoms with Gasteiger partial charge in [0.1, 0.15) is 11.4 Å². The highest BCUT2D eigenvalue weighted by atomic mass is 16.6. The van der Waals surface area contributed by atoms with Crippen LogP contribution in [0.2, 0.25) is 0 Å².